The fraction of sp³-hybridized carbons (Fsp3) is 0.773. The number of aliphatic hydroxyl groups is 1. The van der Waals surface area contributed by atoms with Crippen LogP contribution in [0.4, 0.5) is 8.78 Å². The topological polar surface area (TPSA) is 71.4 Å². The molecule has 2 unspecified atom stereocenters. The van der Waals surface area contributed by atoms with E-state index in [1.807, 2.05) is 13.8 Å². The van der Waals surface area contributed by atoms with Crippen LogP contribution in [0.2, 0.25) is 0 Å². The molecule has 0 aromatic rings. The van der Waals surface area contributed by atoms with Gasteiger partial charge in [0.25, 0.3) is 0 Å². The van der Waals surface area contributed by atoms with Crippen LogP contribution in [0.25, 0.3) is 0 Å². The molecule has 0 saturated heterocycles. The van der Waals surface area contributed by atoms with E-state index in [0.717, 1.165) is 0 Å². The molecule has 28 heavy (non-hydrogen) atoms. The summed E-state index contributed by atoms with van der Waals surface area (Å²) in [5, 5.41) is 11.1. The van der Waals surface area contributed by atoms with Gasteiger partial charge in [-0.15, -0.1) is 0 Å². The average molecular weight is 394 g/mol. The van der Waals surface area contributed by atoms with Crippen molar-refractivity contribution in [2.24, 2.45) is 34.5 Å². The number of allylic oxidation sites excluding steroid dienone is 1. The molecule has 8 atom stereocenters. The molecular weight excluding hydrogens is 366 g/mol. The second kappa shape index (κ2) is 6.04. The quantitative estimate of drug-likeness (QED) is 0.731. The zero-order valence-corrected chi connectivity index (χ0v) is 16.6. The van der Waals surface area contributed by atoms with Crippen molar-refractivity contribution in [2.75, 3.05) is 6.67 Å². The third kappa shape index (κ3) is 2.16. The summed E-state index contributed by atoms with van der Waals surface area (Å²) in [6, 6.07) is 0. The van der Waals surface area contributed by atoms with Crippen LogP contribution in [0.5, 0.6) is 0 Å². The van der Waals surface area contributed by atoms with Crippen LogP contribution in [0.3, 0.4) is 0 Å². The minimum absolute atomic E-state index is 0.00120. The fourth-order valence-corrected chi connectivity index (χ4v) is 7.38. The Hall–Kier alpha value is -1.43. The molecule has 3 fully saturated rings. The lowest BCUT2D eigenvalue weighted by atomic mass is 9.44. The first-order chi connectivity index (χ1) is 13.0. The van der Waals surface area contributed by atoms with Gasteiger partial charge in [-0.1, -0.05) is 20.8 Å². The number of halogens is 2. The van der Waals surface area contributed by atoms with Gasteiger partial charge in [0, 0.05) is 16.7 Å². The lowest BCUT2D eigenvalue weighted by Crippen LogP contribution is -2.60. The van der Waals surface area contributed by atoms with Crippen LogP contribution in [0.1, 0.15) is 52.9 Å². The Bertz CT molecular complexity index is 791. The molecule has 0 amide bonds. The Balaban J connectivity index is 1.77. The van der Waals surface area contributed by atoms with Gasteiger partial charge in [0.2, 0.25) is 11.6 Å². The first-order valence-electron chi connectivity index (χ1n) is 10.3. The third-order valence-corrected chi connectivity index (χ3v) is 9.20. The average Bonchev–Trinajstić information content (AvgIpc) is 2.94. The predicted octanol–water partition coefficient (Wildman–Crippen LogP) is 3.16. The standard InChI is InChI=1S/C22H28F2O4/c1-11-19(27)17(25)9-15-16(24)8-12-13-5-7-22(28,18(26)10-23)20(13,2)6-4-14(12)21(11,15)3/h9,11-14,16,28H,4-8,10H2,1-3H3/t11?,12-,13-,14-,16?,20-,21+,22-/m0/s1. The van der Waals surface area contributed by atoms with Crippen LogP contribution in [0, 0.1) is 34.5 Å². The number of hydrogen-bond acceptors (Lipinski definition) is 4. The van der Waals surface area contributed by atoms with Gasteiger partial charge in [0.15, 0.2) is 12.5 Å². The largest absolute Gasteiger partial charge is 0.381 e. The Morgan fingerprint density at radius 3 is 2.50 bits per heavy atom. The summed E-state index contributed by atoms with van der Waals surface area (Å²) in [7, 11) is 0. The first-order valence-corrected chi connectivity index (χ1v) is 10.3. The van der Waals surface area contributed by atoms with Gasteiger partial charge in [-0.3, -0.25) is 14.4 Å². The normalized spacial score (nSPS) is 50.5. The van der Waals surface area contributed by atoms with E-state index in [9.17, 15) is 23.9 Å². The van der Waals surface area contributed by atoms with E-state index < -0.39 is 52.5 Å². The number of fused-ring (bicyclic) bond motifs is 5. The Morgan fingerprint density at radius 2 is 1.86 bits per heavy atom. The molecule has 0 aliphatic heterocycles. The molecule has 3 saturated carbocycles. The predicted molar refractivity (Wildman–Crippen MR) is 97.9 cm³/mol. The number of carbonyl (C=O) groups excluding carboxylic acids is 3. The van der Waals surface area contributed by atoms with Crippen molar-refractivity contribution in [3.8, 4) is 0 Å². The van der Waals surface area contributed by atoms with E-state index >= 15 is 4.39 Å². The van der Waals surface area contributed by atoms with Crippen molar-refractivity contribution >= 4 is 17.3 Å². The van der Waals surface area contributed by atoms with E-state index in [1.54, 1.807) is 6.92 Å². The van der Waals surface area contributed by atoms with Gasteiger partial charge >= 0.3 is 0 Å². The van der Waals surface area contributed by atoms with Crippen LogP contribution < -0.4 is 0 Å². The molecular formula is C22H28F2O4. The summed E-state index contributed by atoms with van der Waals surface area (Å²) >= 11 is 0. The molecule has 0 spiro atoms. The van der Waals surface area contributed by atoms with Gasteiger partial charge in [0.05, 0.1) is 0 Å². The molecule has 0 bridgehead atoms. The Morgan fingerprint density at radius 1 is 1.21 bits per heavy atom. The van der Waals surface area contributed by atoms with Crippen molar-refractivity contribution in [1.82, 2.24) is 0 Å². The first kappa shape index (κ1) is 19.9. The number of alkyl halides is 2. The van der Waals surface area contributed by atoms with Crippen LogP contribution >= 0.6 is 0 Å². The minimum atomic E-state index is -1.70. The number of Topliss-reactive ketones (excluding diaryl/α,β-unsaturated/α-hetero) is 2. The molecule has 154 valence electrons. The molecule has 0 radical (unpaired) electrons. The zero-order chi connectivity index (χ0) is 20.6. The molecule has 1 N–H and O–H groups in total. The maximum absolute atomic E-state index is 15.3. The lowest BCUT2D eigenvalue weighted by molar-refractivity contribution is -0.166. The van der Waals surface area contributed by atoms with Gasteiger partial charge in [-0.05, 0) is 61.5 Å². The highest BCUT2D eigenvalue weighted by molar-refractivity contribution is 6.43. The van der Waals surface area contributed by atoms with Crippen LogP contribution in [0.15, 0.2) is 11.6 Å². The maximum Gasteiger partial charge on any atom is 0.221 e. The maximum atomic E-state index is 15.3. The molecule has 0 aromatic heterocycles. The van der Waals surface area contributed by atoms with Crippen molar-refractivity contribution in [3.63, 3.8) is 0 Å². The number of ketones is 3. The van der Waals surface area contributed by atoms with Gasteiger partial charge in [-0.25, -0.2) is 8.78 Å². The number of carbonyl (C=O) groups is 3. The highest BCUT2D eigenvalue weighted by Crippen LogP contribution is 2.68. The summed E-state index contributed by atoms with van der Waals surface area (Å²) in [6.45, 7) is 4.26. The molecule has 4 aliphatic rings. The highest BCUT2D eigenvalue weighted by atomic mass is 19.1. The number of rotatable bonds is 2. The molecule has 0 aromatic carbocycles. The molecule has 4 nitrogen and oxygen atoms in total. The summed E-state index contributed by atoms with van der Waals surface area (Å²) < 4.78 is 28.5. The fourth-order valence-electron chi connectivity index (χ4n) is 7.38. The molecule has 4 aliphatic carbocycles. The van der Waals surface area contributed by atoms with E-state index in [2.05, 4.69) is 0 Å². The highest BCUT2D eigenvalue weighted by Gasteiger charge is 2.68. The van der Waals surface area contributed by atoms with E-state index in [-0.39, 0.29) is 30.6 Å². The van der Waals surface area contributed by atoms with Gasteiger partial charge < -0.3 is 5.11 Å². The summed E-state index contributed by atoms with van der Waals surface area (Å²) in [4.78, 5) is 36.7. The monoisotopic (exact) mass is 394 g/mol. The smallest absolute Gasteiger partial charge is 0.221 e. The molecule has 0 heterocycles. The molecule has 4 rings (SSSR count). The number of hydrogen-bond donors (Lipinski definition) is 1. The van der Waals surface area contributed by atoms with E-state index in [4.69, 9.17) is 0 Å². The third-order valence-electron chi connectivity index (χ3n) is 9.20. The van der Waals surface area contributed by atoms with Crippen molar-refractivity contribution in [1.29, 1.82) is 0 Å². The van der Waals surface area contributed by atoms with Crippen LogP contribution in [-0.2, 0) is 14.4 Å². The van der Waals surface area contributed by atoms with E-state index in [1.165, 1.54) is 6.08 Å². The summed E-state index contributed by atoms with van der Waals surface area (Å²) in [6.07, 6.45) is 2.00. The van der Waals surface area contributed by atoms with E-state index in [0.29, 0.717) is 24.8 Å². The van der Waals surface area contributed by atoms with Gasteiger partial charge in [0.1, 0.15) is 11.8 Å². The SMILES string of the molecule is CC1C(=O)C(=O)C=C2C(F)C[C@H]3[C@@H]4CC[C@](O)(C(=O)CF)[C@@]4(C)CC[C@@H]3[C@]21C. The summed E-state index contributed by atoms with van der Waals surface area (Å²) in [5.41, 5.74) is -2.79. The zero-order valence-electron chi connectivity index (χ0n) is 16.6. The minimum Gasteiger partial charge on any atom is -0.381 e. The molecule has 6 heteroatoms. The Kier molecular flexibility index (Phi) is 4.28. The van der Waals surface area contributed by atoms with Crippen LogP contribution in [-0.4, -0.2) is 40.9 Å². The van der Waals surface area contributed by atoms with Crippen molar-refractivity contribution in [3.05, 3.63) is 11.6 Å². The second-order valence-electron chi connectivity index (χ2n) is 9.82. The second-order valence-corrected chi connectivity index (χ2v) is 9.82. The van der Waals surface area contributed by atoms with Crippen molar-refractivity contribution in [2.45, 2.75) is 64.6 Å². The Labute approximate surface area is 163 Å². The lowest BCUT2D eigenvalue weighted by Gasteiger charge is -2.60. The van der Waals surface area contributed by atoms with Gasteiger partial charge in [-0.2, -0.15) is 0 Å². The van der Waals surface area contributed by atoms with Crippen molar-refractivity contribution < 1.29 is 28.3 Å². The summed E-state index contributed by atoms with van der Waals surface area (Å²) in [5.74, 6) is -2.68.